The number of oxazole rings is 1. The summed E-state index contributed by atoms with van der Waals surface area (Å²) in [6.45, 7) is 3.79. The zero-order valence-corrected chi connectivity index (χ0v) is 17.8. The topological polar surface area (TPSA) is 75.4 Å². The molecule has 1 aromatic carbocycles. The Kier molecular flexibility index (Phi) is 5.73. The van der Waals surface area contributed by atoms with E-state index in [-0.39, 0.29) is 18.2 Å². The van der Waals surface area contributed by atoms with Crippen molar-refractivity contribution in [3.05, 3.63) is 58.1 Å². The van der Waals surface area contributed by atoms with Gasteiger partial charge in [0.15, 0.2) is 0 Å². The molecule has 0 aliphatic carbocycles. The molecule has 0 radical (unpaired) electrons. The first-order valence-electron chi connectivity index (χ1n) is 9.25. The highest BCUT2D eigenvalue weighted by molar-refractivity contribution is 7.99. The summed E-state index contributed by atoms with van der Waals surface area (Å²) >= 11 is 3.15. The van der Waals surface area contributed by atoms with E-state index < -0.39 is 6.04 Å². The van der Waals surface area contributed by atoms with Crippen molar-refractivity contribution in [3.63, 3.8) is 0 Å². The van der Waals surface area contributed by atoms with Gasteiger partial charge >= 0.3 is 0 Å². The molecule has 3 aromatic rings. The molecular formula is C21H21N3O3S2. The Bertz CT molecular complexity index is 1030. The van der Waals surface area contributed by atoms with E-state index in [9.17, 15) is 9.59 Å². The number of aromatic nitrogens is 1. The third-order valence-electron chi connectivity index (χ3n) is 4.77. The van der Waals surface area contributed by atoms with E-state index in [1.807, 2.05) is 54.9 Å². The molecule has 150 valence electrons. The molecule has 3 heterocycles. The Labute approximate surface area is 177 Å². The molecule has 4 rings (SSSR count). The summed E-state index contributed by atoms with van der Waals surface area (Å²) in [6.07, 6.45) is 0.119. The number of hydrogen-bond donors (Lipinski definition) is 1. The monoisotopic (exact) mass is 427 g/mol. The zero-order chi connectivity index (χ0) is 20.4. The second-order valence-electron chi connectivity index (χ2n) is 6.95. The Hall–Kier alpha value is -2.58. The number of benzene rings is 1. The van der Waals surface area contributed by atoms with E-state index in [2.05, 4.69) is 10.3 Å². The molecule has 0 spiro atoms. The van der Waals surface area contributed by atoms with Crippen LogP contribution in [0.25, 0.3) is 11.5 Å². The van der Waals surface area contributed by atoms with Crippen LogP contribution in [0.1, 0.15) is 17.0 Å². The lowest BCUT2D eigenvalue weighted by atomic mass is 10.2. The van der Waals surface area contributed by atoms with Crippen LogP contribution in [0.3, 0.4) is 0 Å². The third-order valence-corrected chi connectivity index (χ3v) is 6.47. The quantitative estimate of drug-likeness (QED) is 0.663. The van der Waals surface area contributed by atoms with Crippen molar-refractivity contribution in [2.24, 2.45) is 0 Å². The van der Waals surface area contributed by atoms with E-state index in [1.54, 1.807) is 28.0 Å². The zero-order valence-electron chi connectivity index (χ0n) is 16.2. The van der Waals surface area contributed by atoms with Gasteiger partial charge in [-0.05, 0) is 43.0 Å². The van der Waals surface area contributed by atoms with Gasteiger partial charge in [-0.15, -0.1) is 11.8 Å². The summed E-state index contributed by atoms with van der Waals surface area (Å²) in [7, 11) is 0. The molecule has 2 amide bonds. The van der Waals surface area contributed by atoms with Gasteiger partial charge in [-0.3, -0.25) is 9.59 Å². The van der Waals surface area contributed by atoms with Crippen molar-refractivity contribution < 1.29 is 14.0 Å². The predicted molar refractivity (Wildman–Crippen MR) is 116 cm³/mol. The summed E-state index contributed by atoms with van der Waals surface area (Å²) in [5.41, 5.74) is 3.33. The van der Waals surface area contributed by atoms with Gasteiger partial charge < -0.3 is 14.6 Å². The van der Waals surface area contributed by atoms with Crippen LogP contribution in [0.5, 0.6) is 0 Å². The molecule has 1 fully saturated rings. The van der Waals surface area contributed by atoms with Crippen LogP contribution in [0.2, 0.25) is 0 Å². The average molecular weight is 428 g/mol. The first-order chi connectivity index (χ1) is 14.0. The van der Waals surface area contributed by atoms with Gasteiger partial charge in [0.2, 0.25) is 17.7 Å². The molecule has 1 N–H and O–H groups in total. The molecule has 0 bridgehead atoms. The van der Waals surface area contributed by atoms with Gasteiger partial charge in [-0.25, -0.2) is 4.98 Å². The number of amides is 2. The molecule has 1 saturated heterocycles. The Morgan fingerprint density at radius 2 is 2.17 bits per heavy atom. The molecule has 1 unspecified atom stereocenters. The van der Waals surface area contributed by atoms with Gasteiger partial charge in [-0.1, -0.05) is 12.1 Å². The van der Waals surface area contributed by atoms with Gasteiger partial charge in [0.1, 0.15) is 11.8 Å². The van der Waals surface area contributed by atoms with Gasteiger partial charge in [0.25, 0.3) is 0 Å². The maximum Gasteiger partial charge on any atom is 0.248 e. The summed E-state index contributed by atoms with van der Waals surface area (Å²) < 4.78 is 5.73. The van der Waals surface area contributed by atoms with E-state index in [4.69, 9.17) is 4.42 Å². The van der Waals surface area contributed by atoms with Crippen molar-refractivity contribution in [2.45, 2.75) is 26.3 Å². The molecule has 0 saturated carbocycles. The summed E-state index contributed by atoms with van der Waals surface area (Å²) in [5, 5.41) is 6.84. The molecule has 6 nitrogen and oxygen atoms in total. The number of nitrogens with one attached hydrogen (secondary N) is 1. The SMILES string of the molecule is Cc1cccc(NC(=O)C2CSCN2C(=O)Cc2nc(-c3ccsc3)oc2C)c1. The lowest BCUT2D eigenvalue weighted by molar-refractivity contribution is -0.135. The van der Waals surface area contributed by atoms with Gasteiger partial charge in [-0.2, -0.15) is 11.3 Å². The van der Waals surface area contributed by atoms with E-state index in [1.165, 1.54) is 0 Å². The first kappa shape index (κ1) is 19.7. The predicted octanol–water partition coefficient (Wildman–Crippen LogP) is 4.10. The summed E-state index contributed by atoms with van der Waals surface area (Å²) in [5.74, 6) is 1.96. The molecule has 1 aliphatic rings. The summed E-state index contributed by atoms with van der Waals surface area (Å²) in [6, 6.07) is 9.08. The number of carbonyl (C=O) groups excluding carboxylic acids is 2. The van der Waals surface area contributed by atoms with Crippen molar-refractivity contribution in [2.75, 3.05) is 16.9 Å². The minimum absolute atomic E-state index is 0.118. The van der Waals surface area contributed by atoms with Crippen LogP contribution in [0.4, 0.5) is 5.69 Å². The molecule has 1 atom stereocenters. The average Bonchev–Trinajstić information content (AvgIpc) is 3.43. The normalized spacial score (nSPS) is 16.2. The molecule has 1 aliphatic heterocycles. The number of thioether (sulfide) groups is 1. The largest absolute Gasteiger partial charge is 0.441 e. The molecule has 8 heteroatoms. The minimum Gasteiger partial charge on any atom is -0.441 e. The number of thiophene rings is 1. The van der Waals surface area contributed by atoms with Crippen molar-refractivity contribution in [1.82, 2.24) is 9.88 Å². The number of anilines is 1. The molecule has 2 aromatic heterocycles. The van der Waals surface area contributed by atoms with Crippen LogP contribution in [0, 0.1) is 13.8 Å². The lowest BCUT2D eigenvalue weighted by Crippen LogP contribution is -2.45. The Balaban J connectivity index is 1.45. The van der Waals surface area contributed by atoms with Crippen LogP contribution < -0.4 is 5.32 Å². The van der Waals surface area contributed by atoms with Crippen molar-refractivity contribution in [1.29, 1.82) is 0 Å². The van der Waals surface area contributed by atoms with Crippen LogP contribution in [-0.2, 0) is 16.0 Å². The third kappa shape index (κ3) is 4.38. The smallest absolute Gasteiger partial charge is 0.248 e. The molecule has 29 heavy (non-hydrogen) atoms. The van der Waals surface area contributed by atoms with Crippen molar-refractivity contribution in [3.8, 4) is 11.5 Å². The number of carbonyl (C=O) groups is 2. The van der Waals surface area contributed by atoms with Crippen LogP contribution >= 0.6 is 23.1 Å². The number of rotatable bonds is 5. The minimum atomic E-state index is -0.489. The second kappa shape index (κ2) is 8.42. The Morgan fingerprint density at radius 3 is 2.93 bits per heavy atom. The number of nitrogens with zero attached hydrogens (tertiary/aromatic N) is 2. The molecular weight excluding hydrogens is 406 g/mol. The maximum absolute atomic E-state index is 12.9. The van der Waals surface area contributed by atoms with E-state index >= 15 is 0 Å². The van der Waals surface area contributed by atoms with Crippen LogP contribution in [-0.4, -0.2) is 39.4 Å². The fourth-order valence-electron chi connectivity index (χ4n) is 3.20. The summed E-state index contributed by atoms with van der Waals surface area (Å²) in [4.78, 5) is 31.8. The van der Waals surface area contributed by atoms with Gasteiger partial charge in [0.05, 0.1) is 18.0 Å². The standard InChI is InChI=1S/C21H21N3O3S2/c1-13-4-3-5-16(8-13)22-20(26)18-11-29-12-24(18)19(25)9-17-14(2)27-21(23-17)15-6-7-28-10-15/h3-8,10,18H,9,11-12H2,1-2H3,(H,22,26). The highest BCUT2D eigenvalue weighted by Crippen LogP contribution is 2.26. The Morgan fingerprint density at radius 1 is 1.31 bits per heavy atom. The van der Waals surface area contributed by atoms with Gasteiger partial charge in [0, 0.05) is 22.4 Å². The fraction of sp³-hybridized carbons (Fsp3) is 0.286. The highest BCUT2D eigenvalue weighted by Gasteiger charge is 2.35. The van der Waals surface area contributed by atoms with E-state index in [0.29, 0.717) is 29.0 Å². The van der Waals surface area contributed by atoms with Crippen molar-refractivity contribution >= 4 is 40.6 Å². The number of aryl methyl sites for hydroxylation is 2. The fourth-order valence-corrected chi connectivity index (χ4v) is 5.01. The van der Waals surface area contributed by atoms with E-state index in [0.717, 1.165) is 16.8 Å². The maximum atomic E-state index is 12.9. The second-order valence-corrected chi connectivity index (χ2v) is 8.73. The van der Waals surface area contributed by atoms with Crippen LogP contribution in [0.15, 0.2) is 45.5 Å². The lowest BCUT2D eigenvalue weighted by Gasteiger charge is -2.23. The highest BCUT2D eigenvalue weighted by atomic mass is 32.2. The number of hydrogen-bond acceptors (Lipinski definition) is 6. The first-order valence-corrected chi connectivity index (χ1v) is 11.3.